The number of ether oxygens (including phenoxy) is 1. The third kappa shape index (κ3) is 1.84. The predicted octanol–water partition coefficient (Wildman–Crippen LogP) is 1.94. The van der Waals surface area contributed by atoms with E-state index in [1.54, 1.807) is 0 Å². The predicted molar refractivity (Wildman–Crippen MR) is 54.1 cm³/mol. The van der Waals surface area contributed by atoms with Crippen molar-refractivity contribution in [3.8, 4) is 0 Å². The summed E-state index contributed by atoms with van der Waals surface area (Å²) in [6.45, 7) is 2.04. The molecule has 3 heteroatoms. The summed E-state index contributed by atoms with van der Waals surface area (Å²) < 4.78 is 5.23. The molecule has 2 nitrogen and oxygen atoms in total. The van der Waals surface area contributed by atoms with Gasteiger partial charge in [0.15, 0.2) is 0 Å². The van der Waals surface area contributed by atoms with Crippen LogP contribution in [-0.2, 0) is 9.53 Å². The van der Waals surface area contributed by atoms with Crippen molar-refractivity contribution in [2.45, 2.75) is 24.3 Å². The van der Waals surface area contributed by atoms with Gasteiger partial charge >= 0.3 is 91.2 Å². The van der Waals surface area contributed by atoms with Crippen LogP contribution in [0.15, 0.2) is 24.3 Å². The molecule has 2 unspecified atom stereocenters. The van der Waals surface area contributed by atoms with Crippen molar-refractivity contribution in [3.63, 3.8) is 0 Å². The maximum absolute atomic E-state index is 11.1. The summed E-state index contributed by atoms with van der Waals surface area (Å²) in [6.07, 6.45) is 0.390. The van der Waals surface area contributed by atoms with E-state index in [2.05, 4.69) is 16.0 Å². The van der Waals surface area contributed by atoms with Gasteiger partial charge in [0.05, 0.1) is 0 Å². The van der Waals surface area contributed by atoms with Crippen LogP contribution in [0.3, 0.4) is 0 Å². The molecule has 0 amide bonds. The number of aryl methyl sites for hydroxylation is 1. The van der Waals surface area contributed by atoms with Crippen LogP contribution in [-0.4, -0.2) is 22.0 Å². The molecule has 0 saturated carbocycles. The van der Waals surface area contributed by atoms with Gasteiger partial charge in [0.1, 0.15) is 0 Å². The maximum atomic E-state index is 11.1. The minimum absolute atomic E-state index is 0.0944. The Morgan fingerprint density at radius 3 is 2.50 bits per heavy atom. The molecule has 1 aliphatic rings. The number of cyclic esters (lactones) is 1. The fourth-order valence-electron chi connectivity index (χ4n) is 1.58. The van der Waals surface area contributed by atoms with Crippen molar-refractivity contribution in [2.75, 3.05) is 0 Å². The monoisotopic (exact) mass is 255 g/mol. The molecule has 1 saturated heterocycles. The molecule has 0 N–H and O–H groups in total. The molecular weight excluding hydrogens is 243 g/mol. The van der Waals surface area contributed by atoms with Crippen LogP contribution in [0, 0.1) is 6.92 Å². The zero-order valence-electron chi connectivity index (χ0n) is 7.90. The van der Waals surface area contributed by atoms with Crippen molar-refractivity contribution in [2.24, 2.45) is 0 Å². The van der Waals surface area contributed by atoms with E-state index in [1.807, 2.05) is 31.2 Å². The van der Waals surface area contributed by atoms with E-state index in [9.17, 15) is 4.79 Å². The Bertz CT molecular complexity index is 345. The first kappa shape index (κ1) is 9.75. The van der Waals surface area contributed by atoms with Crippen molar-refractivity contribution in [1.82, 2.24) is 0 Å². The molecule has 1 aromatic carbocycles. The third-order valence-corrected chi connectivity index (χ3v) is 3.24. The van der Waals surface area contributed by atoms with E-state index in [4.69, 9.17) is 4.74 Å². The van der Waals surface area contributed by atoms with Crippen molar-refractivity contribution in [1.29, 1.82) is 0 Å². The van der Waals surface area contributed by atoms with Crippen LogP contribution >= 0.6 is 0 Å². The van der Waals surface area contributed by atoms with Gasteiger partial charge in [-0.05, 0) is 0 Å². The van der Waals surface area contributed by atoms with E-state index in [0.717, 1.165) is 5.56 Å². The summed E-state index contributed by atoms with van der Waals surface area (Å²) in [7, 11) is 0. The summed E-state index contributed by atoms with van der Waals surface area (Å²) >= 11 is 2.99. The van der Waals surface area contributed by atoms with Crippen LogP contribution in [0.2, 0.25) is 4.82 Å². The van der Waals surface area contributed by atoms with E-state index in [-0.39, 0.29) is 16.9 Å². The molecular formula is C11H11O2Se. The molecule has 1 heterocycles. The van der Waals surface area contributed by atoms with Gasteiger partial charge < -0.3 is 0 Å². The number of benzene rings is 1. The van der Waals surface area contributed by atoms with Gasteiger partial charge in [0.25, 0.3) is 0 Å². The Balaban J connectivity index is 2.23. The molecule has 1 radical (unpaired) electrons. The van der Waals surface area contributed by atoms with Crippen LogP contribution < -0.4 is 0 Å². The molecule has 73 valence electrons. The summed E-state index contributed by atoms with van der Waals surface area (Å²) in [5, 5.41) is 0. The van der Waals surface area contributed by atoms with Crippen LogP contribution in [0.4, 0.5) is 0 Å². The second kappa shape index (κ2) is 3.76. The van der Waals surface area contributed by atoms with Crippen molar-refractivity contribution in [3.05, 3.63) is 35.4 Å². The molecule has 2 rings (SSSR count). The van der Waals surface area contributed by atoms with Gasteiger partial charge in [-0.2, -0.15) is 0 Å². The van der Waals surface area contributed by atoms with Gasteiger partial charge in [-0.1, -0.05) is 0 Å². The fourth-order valence-corrected chi connectivity index (χ4v) is 2.31. The standard InChI is InChI=1S/C11H11O2Se/c1-7-2-4-8(5-3-7)11-9(14)6-10(12)13-11/h2-5,9,11H,6H2,1H3. The number of esters is 1. The molecule has 0 aromatic heterocycles. The number of hydrogen-bond acceptors (Lipinski definition) is 2. The molecule has 0 spiro atoms. The van der Waals surface area contributed by atoms with Gasteiger partial charge in [-0.15, -0.1) is 0 Å². The molecule has 1 aliphatic heterocycles. The van der Waals surface area contributed by atoms with Crippen molar-refractivity contribution >= 4 is 22.0 Å². The van der Waals surface area contributed by atoms with Crippen molar-refractivity contribution < 1.29 is 9.53 Å². The quantitative estimate of drug-likeness (QED) is 0.565. The van der Waals surface area contributed by atoms with E-state index in [0.29, 0.717) is 6.42 Å². The molecule has 0 aliphatic carbocycles. The van der Waals surface area contributed by atoms with Crippen LogP contribution in [0.5, 0.6) is 0 Å². The average Bonchev–Trinajstić information content (AvgIpc) is 2.47. The Kier molecular flexibility index (Phi) is 2.62. The summed E-state index contributed by atoms with van der Waals surface area (Å²) in [6, 6.07) is 8.11. The minimum atomic E-state index is -0.112. The number of carbonyl (C=O) groups is 1. The van der Waals surface area contributed by atoms with Gasteiger partial charge in [0.2, 0.25) is 0 Å². The van der Waals surface area contributed by atoms with Crippen LogP contribution in [0.25, 0.3) is 0 Å². The Morgan fingerprint density at radius 2 is 2.00 bits per heavy atom. The molecule has 1 fully saturated rings. The summed E-state index contributed by atoms with van der Waals surface area (Å²) in [5.74, 6) is -0.112. The zero-order chi connectivity index (χ0) is 10.1. The third-order valence-electron chi connectivity index (χ3n) is 2.37. The fraction of sp³-hybridized carbons (Fsp3) is 0.364. The molecule has 2 atom stereocenters. The van der Waals surface area contributed by atoms with E-state index >= 15 is 0 Å². The number of hydrogen-bond donors (Lipinski definition) is 0. The second-order valence-corrected chi connectivity index (χ2v) is 4.83. The molecule has 1 aromatic rings. The van der Waals surface area contributed by atoms with E-state index < -0.39 is 0 Å². The summed E-state index contributed by atoms with van der Waals surface area (Å²) in [5.41, 5.74) is 2.29. The number of rotatable bonds is 1. The Hall–Kier alpha value is -0.791. The van der Waals surface area contributed by atoms with Gasteiger partial charge in [-0.3, -0.25) is 0 Å². The molecule has 14 heavy (non-hydrogen) atoms. The first-order valence-corrected chi connectivity index (χ1v) is 5.57. The van der Waals surface area contributed by atoms with Gasteiger partial charge in [0, 0.05) is 0 Å². The zero-order valence-corrected chi connectivity index (χ0v) is 9.61. The Labute approximate surface area is 91.5 Å². The number of carbonyl (C=O) groups excluding carboxylic acids is 1. The Morgan fingerprint density at radius 1 is 1.36 bits per heavy atom. The normalized spacial score (nSPS) is 26.3. The average molecular weight is 254 g/mol. The SMILES string of the molecule is Cc1ccc(C2OC(=O)CC2[Se])cc1. The van der Waals surface area contributed by atoms with Gasteiger partial charge in [-0.25, -0.2) is 0 Å². The molecule has 0 bridgehead atoms. The van der Waals surface area contributed by atoms with E-state index in [1.165, 1.54) is 5.56 Å². The first-order chi connectivity index (χ1) is 6.66. The van der Waals surface area contributed by atoms with Crippen LogP contribution in [0.1, 0.15) is 23.7 Å². The topological polar surface area (TPSA) is 26.3 Å². The summed E-state index contributed by atoms with van der Waals surface area (Å²) in [4.78, 5) is 11.2. The second-order valence-electron chi connectivity index (χ2n) is 3.56. The first-order valence-electron chi connectivity index (χ1n) is 4.58.